The van der Waals surface area contributed by atoms with Gasteiger partial charge in [0.1, 0.15) is 0 Å². The largest absolute Gasteiger partial charge is 0.443 e. The first kappa shape index (κ1) is 14.4. The molecular weight excluding hydrogens is 301 g/mol. The van der Waals surface area contributed by atoms with E-state index in [0.717, 1.165) is 10.4 Å². The van der Waals surface area contributed by atoms with Crippen LogP contribution in [0.3, 0.4) is 0 Å². The third-order valence-corrected chi connectivity index (χ3v) is 4.14. The summed E-state index contributed by atoms with van der Waals surface area (Å²) < 4.78 is 19.3. The first-order valence-electron chi connectivity index (χ1n) is 6.62. The van der Waals surface area contributed by atoms with Crippen LogP contribution in [0.5, 0.6) is 10.8 Å². The number of rotatable bonds is 4. The fourth-order valence-corrected chi connectivity index (χ4v) is 3.06. The number of thiophene rings is 1. The molecule has 5 heteroatoms. The quantitative estimate of drug-likeness (QED) is 0.640. The molecule has 0 radical (unpaired) electrons. The fraction of sp³-hybridized carbons (Fsp3) is 0.0588. The van der Waals surface area contributed by atoms with E-state index in [2.05, 4.69) is 4.98 Å². The number of para-hydroxylation sites is 1. The predicted octanol–water partition coefficient (Wildman–Crippen LogP) is 4.94. The second-order valence-electron chi connectivity index (χ2n) is 4.64. The number of hydrogen-bond donors (Lipinski definition) is 0. The lowest BCUT2D eigenvalue weighted by Crippen LogP contribution is -1.93. The van der Waals surface area contributed by atoms with Crippen LogP contribution in [-0.4, -0.2) is 10.8 Å². The third-order valence-electron chi connectivity index (χ3n) is 3.08. The summed E-state index contributed by atoms with van der Waals surface area (Å²) in [5, 5.41) is 0.393. The normalized spacial score (nSPS) is 10.5. The van der Waals surface area contributed by atoms with E-state index in [9.17, 15) is 9.18 Å². The molecule has 0 saturated carbocycles. The van der Waals surface area contributed by atoms with E-state index in [1.54, 1.807) is 30.6 Å². The molecule has 0 aliphatic heterocycles. The van der Waals surface area contributed by atoms with Gasteiger partial charge in [-0.15, -0.1) is 0 Å². The predicted molar refractivity (Wildman–Crippen MR) is 84.0 cm³/mol. The van der Waals surface area contributed by atoms with Gasteiger partial charge >= 0.3 is 0 Å². The molecule has 0 N–H and O–H groups in total. The second-order valence-corrected chi connectivity index (χ2v) is 5.65. The molecule has 0 fully saturated rings. The number of carbonyl (C=O) groups excluding carboxylic acids is 1. The van der Waals surface area contributed by atoms with Crippen LogP contribution in [0.2, 0.25) is 0 Å². The molecule has 3 aromatic rings. The molecule has 22 heavy (non-hydrogen) atoms. The Bertz CT molecular complexity index is 815. The Morgan fingerprint density at radius 1 is 1.18 bits per heavy atom. The van der Waals surface area contributed by atoms with Crippen LogP contribution >= 0.6 is 11.3 Å². The molecule has 3 rings (SSSR count). The maximum atomic E-state index is 13.7. The summed E-state index contributed by atoms with van der Waals surface area (Å²) in [6, 6.07) is 11.6. The average molecular weight is 313 g/mol. The summed E-state index contributed by atoms with van der Waals surface area (Å²) in [5.74, 6) is -0.480. The Morgan fingerprint density at radius 2 is 1.91 bits per heavy atom. The number of Topliss-reactive ketones (excluding diaryl/α,β-unsaturated/α-hetero) is 1. The first-order chi connectivity index (χ1) is 10.6. The van der Waals surface area contributed by atoms with Crippen molar-refractivity contribution in [1.82, 2.24) is 4.98 Å². The van der Waals surface area contributed by atoms with Crippen LogP contribution in [0.25, 0.3) is 10.4 Å². The van der Waals surface area contributed by atoms with Crippen molar-refractivity contribution in [2.24, 2.45) is 0 Å². The number of pyridine rings is 1. The van der Waals surface area contributed by atoms with Crippen molar-refractivity contribution in [2.45, 2.75) is 6.92 Å². The Kier molecular flexibility index (Phi) is 3.98. The summed E-state index contributed by atoms with van der Waals surface area (Å²) in [6.07, 6.45) is 3.36. The van der Waals surface area contributed by atoms with Gasteiger partial charge in [-0.3, -0.25) is 9.78 Å². The van der Waals surface area contributed by atoms with Crippen molar-refractivity contribution in [3.8, 4) is 21.3 Å². The highest BCUT2D eigenvalue weighted by Crippen LogP contribution is 2.40. The number of carbonyl (C=O) groups is 1. The standard InChI is InChI=1S/C17H12FNO2S/c1-11(20)13-10-16(12-6-8-19-9-7-12)22-17(13)21-15-5-3-2-4-14(15)18/h2-10H,1H3. The lowest BCUT2D eigenvalue weighted by atomic mass is 10.1. The Labute approximate surface area is 131 Å². The second kappa shape index (κ2) is 6.07. The van der Waals surface area contributed by atoms with Crippen LogP contribution in [0, 0.1) is 5.82 Å². The van der Waals surface area contributed by atoms with Crippen molar-refractivity contribution in [3.63, 3.8) is 0 Å². The van der Waals surface area contributed by atoms with Crippen LogP contribution in [0.1, 0.15) is 17.3 Å². The SMILES string of the molecule is CC(=O)c1cc(-c2ccncc2)sc1Oc1ccccc1F. The molecule has 0 aliphatic rings. The third kappa shape index (κ3) is 2.89. The van der Waals surface area contributed by atoms with Gasteiger partial charge in [-0.05, 0) is 42.8 Å². The minimum atomic E-state index is -0.462. The van der Waals surface area contributed by atoms with Crippen molar-refractivity contribution in [2.75, 3.05) is 0 Å². The smallest absolute Gasteiger partial charge is 0.192 e. The van der Waals surface area contributed by atoms with Crippen LogP contribution in [0.15, 0.2) is 54.9 Å². The van der Waals surface area contributed by atoms with Gasteiger partial charge in [0.2, 0.25) is 0 Å². The lowest BCUT2D eigenvalue weighted by Gasteiger charge is -2.05. The van der Waals surface area contributed by atoms with Crippen molar-refractivity contribution in [3.05, 3.63) is 66.2 Å². The van der Waals surface area contributed by atoms with Crippen molar-refractivity contribution < 1.29 is 13.9 Å². The van der Waals surface area contributed by atoms with E-state index < -0.39 is 5.82 Å². The van der Waals surface area contributed by atoms with Gasteiger partial charge in [0, 0.05) is 17.3 Å². The first-order valence-corrected chi connectivity index (χ1v) is 7.44. The summed E-state index contributed by atoms with van der Waals surface area (Å²) in [7, 11) is 0. The highest BCUT2D eigenvalue weighted by Gasteiger charge is 2.17. The van der Waals surface area contributed by atoms with Gasteiger partial charge in [-0.1, -0.05) is 23.5 Å². The highest BCUT2D eigenvalue weighted by atomic mass is 32.1. The molecule has 2 heterocycles. The minimum absolute atomic E-state index is 0.105. The summed E-state index contributed by atoms with van der Waals surface area (Å²) >= 11 is 1.31. The number of nitrogens with zero attached hydrogens (tertiary/aromatic N) is 1. The number of halogens is 1. The Balaban J connectivity index is 2.02. The van der Waals surface area contributed by atoms with E-state index >= 15 is 0 Å². The molecule has 0 spiro atoms. The Hall–Kier alpha value is -2.53. The van der Waals surface area contributed by atoms with Crippen LogP contribution in [-0.2, 0) is 0 Å². The lowest BCUT2D eigenvalue weighted by molar-refractivity contribution is 0.101. The van der Waals surface area contributed by atoms with Crippen LogP contribution in [0.4, 0.5) is 4.39 Å². The van der Waals surface area contributed by atoms with Gasteiger partial charge in [0.05, 0.1) is 5.56 Å². The van der Waals surface area contributed by atoms with Crippen molar-refractivity contribution >= 4 is 17.1 Å². The number of ether oxygens (including phenoxy) is 1. The van der Waals surface area contributed by atoms with E-state index in [-0.39, 0.29) is 11.5 Å². The van der Waals surface area contributed by atoms with Gasteiger partial charge in [-0.25, -0.2) is 4.39 Å². The number of aromatic nitrogens is 1. The molecule has 0 atom stereocenters. The van der Waals surface area contributed by atoms with Gasteiger partial charge < -0.3 is 4.74 Å². The number of benzene rings is 1. The molecule has 0 amide bonds. The van der Waals surface area contributed by atoms with E-state index in [1.165, 1.54) is 30.4 Å². The molecule has 2 aromatic heterocycles. The summed E-state index contributed by atoms with van der Waals surface area (Å²) in [5.41, 5.74) is 1.38. The highest BCUT2D eigenvalue weighted by molar-refractivity contribution is 7.17. The van der Waals surface area contributed by atoms with Crippen molar-refractivity contribution in [1.29, 1.82) is 0 Å². The maximum Gasteiger partial charge on any atom is 0.192 e. The zero-order valence-corrected chi connectivity index (χ0v) is 12.6. The fourth-order valence-electron chi connectivity index (χ4n) is 1.98. The molecule has 110 valence electrons. The number of hydrogen-bond acceptors (Lipinski definition) is 4. The summed E-state index contributed by atoms with van der Waals surface area (Å²) in [6.45, 7) is 1.46. The Morgan fingerprint density at radius 3 is 2.59 bits per heavy atom. The molecular formula is C17H12FNO2S. The topological polar surface area (TPSA) is 39.2 Å². The van der Waals surface area contributed by atoms with E-state index in [4.69, 9.17) is 4.74 Å². The van der Waals surface area contributed by atoms with Gasteiger partial charge in [0.25, 0.3) is 0 Å². The monoisotopic (exact) mass is 313 g/mol. The minimum Gasteiger partial charge on any atom is -0.443 e. The molecule has 0 saturated heterocycles. The average Bonchev–Trinajstić information content (AvgIpc) is 2.95. The molecule has 0 unspecified atom stereocenters. The zero-order valence-electron chi connectivity index (χ0n) is 11.7. The van der Waals surface area contributed by atoms with E-state index in [1.807, 2.05) is 12.1 Å². The maximum absolute atomic E-state index is 13.7. The molecule has 3 nitrogen and oxygen atoms in total. The van der Waals surface area contributed by atoms with E-state index in [0.29, 0.717) is 10.6 Å². The molecule has 0 bridgehead atoms. The molecule has 1 aromatic carbocycles. The number of ketones is 1. The summed E-state index contributed by atoms with van der Waals surface area (Å²) in [4.78, 5) is 16.7. The van der Waals surface area contributed by atoms with Gasteiger partial charge in [-0.2, -0.15) is 0 Å². The van der Waals surface area contributed by atoms with Crippen LogP contribution < -0.4 is 4.74 Å². The van der Waals surface area contributed by atoms with Gasteiger partial charge in [0.15, 0.2) is 22.4 Å². The zero-order chi connectivity index (χ0) is 15.5. The molecule has 0 aliphatic carbocycles.